The van der Waals surface area contributed by atoms with Gasteiger partial charge in [0.1, 0.15) is 6.10 Å². The summed E-state index contributed by atoms with van der Waals surface area (Å²) < 4.78 is 6.80. The summed E-state index contributed by atoms with van der Waals surface area (Å²) in [6, 6.07) is 21.7. The maximum Gasteiger partial charge on any atom is 0.264 e. The molecule has 250 valence electrons. The van der Waals surface area contributed by atoms with Gasteiger partial charge in [-0.05, 0) is 61.5 Å². The summed E-state index contributed by atoms with van der Waals surface area (Å²) >= 11 is 6.51. The number of hydrogen-bond donors (Lipinski definition) is 4. The standard InChI is InChI=1S/C35H42ClN3O7Si/c1-22-32(47(3,4)45)30(19-31(42)38(15-16-40)20-24-9-6-5-7-10-24)46-35(22)28-18-26(36)13-14-29(28)39(34(35)44)21-25-11-8-12-27(17-25)37-33(43)23(2)41/h5-14,17-18,22-23,30,32,40-41,45H,15-16,19-21H2,1-4H3,(H,37,43)/t22-,23-,30+,32-,35+/m0/s1. The second kappa shape index (κ2) is 13.9. The Hall–Kier alpha value is -3.58. The van der Waals surface area contributed by atoms with E-state index in [-0.39, 0.29) is 37.9 Å². The number of aliphatic hydroxyl groups excluding tert-OH is 2. The molecule has 3 aromatic carbocycles. The van der Waals surface area contributed by atoms with Gasteiger partial charge in [0.25, 0.3) is 11.8 Å². The Balaban J connectivity index is 1.48. The Bertz CT molecular complexity index is 1630. The van der Waals surface area contributed by atoms with Crippen molar-refractivity contribution in [2.75, 3.05) is 23.4 Å². The Kier molecular flexibility index (Phi) is 10.3. The van der Waals surface area contributed by atoms with Gasteiger partial charge in [0.2, 0.25) is 5.91 Å². The molecule has 2 aliphatic heterocycles. The van der Waals surface area contributed by atoms with E-state index in [0.29, 0.717) is 28.5 Å². The van der Waals surface area contributed by atoms with Crippen LogP contribution >= 0.6 is 11.6 Å². The second-order valence-electron chi connectivity index (χ2n) is 13.0. The number of hydrogen-bond acceptors (Lipinski definition) is 7. The fourth-order valence-corrected chi connectivity index (χ4v) is 9.83. The van der Waals surface area contributed by atoms with E-state index in [1.165, 1.54) is 6.92 Å². The molecule has 0 bridgehead atoms. The minimum atomic E-state index is -3.04. The number of benzene rings is 3. The van der Waals surface area contributed by atoms with Gasteiger partial charge in [-0.15, -0.1) is 0 Å². The summed E-state index contributed by atoms with van der Waals surface area (Å²) in [4.78, 5) is 55.4. The van der Waals surface area contributed by atoms with Crippen molar-refractivity contribution in [3.8, 4) is 0 Å². The number of halogens is 1. The molecule has 5 rings (SSSR count). The Morgan fingerprint density at radius 2 is 1.79 bits per heavy atom. The molecule has 2 aliphatic rings. The molecule has 0 aromatic heterocycles. The normalized spacial score (nSPS) is 22.8. The van der Waals surface area contributed by atoms with Crippen LogP contribution in [0.25, 0.3) is 0 Å². The first-order valence-electron chi connectivity index (χ1n) is 15.8. The fourth-order valence-electron chi connectivity index (χ4n) is 7.10. The molecule has 5 atom stereocenters. The van der Waals surface area contributed by atoms with Crippen LogP contribution in [-0.4, -0.2) is 71.3 Å². The highest BCUT2D eigenvalue weighted by atomic mass is 35.5. The molecule has 10 nitrogen and oxygen atoms in total. The van der Waals surface area contributed by atoms with Crippen LogP contribution in [0.1, 0.15) is 37.0 Å². The average molecular weight is 680 g/mol. The number of carbonyl (C=O) groups is 3. The number of carbonyl (C=O) groups excluding carboxylic acids is 3. The predicted molar refractivity (Wildman–Crippen MR) is 182 cm³/mol. The lowest BCUT2D eigenvalue weighted by atomic mass is 9.82. The van der Waals surface area contributed by atoms with Crippen LogP contribution in [0.4, 0.5) is 11.4 Å². The first kappa shape index (κ1) is 34.7. The Labute approximate surface area is 281 Å². The maximum absolute atomic E-state index is 14.7. The number of ether oxygens (including phenoxy) is 1. The van der Waals surface area contributed by atoms with Crippen molar-refractivity contribution in [2.45, 2.75) is 69.8 Å². The lowest BCUT2D eigenvalue weighted by Gasteiger charge is -2.32. The highest BCUT2D eigenvalue weighted by Crippen LogP contribution is 2.60. The van der Waals surface area contributed by atoms with Crippen LogP contribution < -0.4 is 10.2 Å². The van der Waals surface area contributed by atoms with Gasteiger partial charge >= 0.3 is 0 Å². The summed E-state index contributed by atoms with van der Waals surface area (Å²) in [7, 11) is -3.04. The van der Waals surface area contributed by atoms with Crippen molar-refractivity contribution >= 4 is 49.0 Å². The van der Waals surface area contributed by atoms with Gasteiger partial charge in [-0.25, -0.2) is 0 Å². The molecule has 0 saturated carbocycles. The van der Waals surface area contributed by atoms with E-state index in [1.807, 2.05) is 43.3 Å². The predicted octanol–water partition coefficient (Wildman–Crippen LogP) is 4.42. The molecule has 1 spiro atoms. The molecule has 0 unspecified atom stereocenters. The molecule has 2 heterocycles. The molecule has 3 aromatic rings. The van der Waals surface area contributed by atoms with Gasteiger partial charge in [-0.1, -0.05) is 61.0 Å². The van der Waals surface area contributed by atoms with Crippen LogP contribution in [0, 0.1) is 5.92 Å². The quantitative estimate of drug-likeness (QED) is 0.220. The molecule has 4 N–H and O–H groups in total. The van der Waals surface area contributed by atoms with E-state index in [0.717, 1.165) is 11.1 Å². The van der Waals surface area contributed by atoms with Crippen LogP contribution in [-0.2, 0) is 37.8 Å². The number of anilines is 2. The largest absolute Gasteiger partial charge is 0.432 e. The van der Waals surface area contributed by atoms with E-state index in [2.05, 4.69) is 5.32 Å². The molecule has 3 amide bonds. The lowest BCUT2D eigenvalue weighted by Crippen LogP contribution is -2.46. The minimum absolute atomic E-state index is 0.0746. The zero-order valence-electron chi connectivity index (χ0n) is 27.0. The van der Waals surface area contributed by atoms with Crippen LogP contribution in [0.3, 0.4) is 0 Å². The van der Waals surface area contributed by atoms with Crippen molar-refractivity contribution < 1.29 is 34.1 Å². The van der Waals surface area contributed by atoms with Gasteiger partial charge in [-0.2, -0.15) is 0 Å². The molecule has 1 saturated heterocycles. The Morgan fingerprint density at radius 1 is 1.09 bits per heavy atom. The van der Waals surface area contributed by atoms with Crippen molar-refractivity contribution in [1.82, 2.24) is 4.90 Å². The minimum Gasteiger partial charge on any atom is -0.432 e. The van der Waals surface area contributed by atoms with Gasteiger partial charge in [0.15, 0.2) is 13.9 Å². The number of aliphatic hydroxyl groups is 2. The third-order valence-corrected chi connectivity index (χ3v) is 11.9. The fraction of sp³-hybridized carbons (Fsp3) is 0.400. The van der Waals surface area contributed by atoms with E-state index >= 15 is 0 Å². The molecule has 47 heavy (non-hydrogen) atoms. The number of amides is 3. The van der Waals surface area contributed by atoms with E-state index in [4.69, 9.17) is 16.3 Å². The van der Waals surface area contributed by atoms with E-state index in [1.54, 1.807) is 59.3 Å². The first-order valence-corrected chi connectivity index (χ1v) is 19.2. The number of fused-ring (bicyclic) bond motifs is 2. The zero-order chi connectivity index (χ0) is 34.1. The average Bonchev–Trinajstić information content (AvgIpc) is 3.43. The third kappa shape index (κ3) is 7.01. The third-order valence-electron chi connectivity index (χ3n) is 9.18. The van der Waals surface area contributed by atoms with Crippen LogP contribution in [0.5, 0.6) is 0 Å². The summed E-state index contributed by atoms with van der Waals surface area (Å²) in [5, 5.41) is 22.5. The second-order valence-corrected chi connectivity index (χ2v) is 17.4. The van der Waals surface area contributed by atoms with E-state index < -0.39 is 43.5 Å². The smallest absolute Gasteiger partial charge is 0.264 e. The van der Waals surface area contributed by atoms with Crippen LogP contribution in [0.2, 0.25) is 23.7 Å². The SMILES string of the molecule is C[C@H](O)C(=O)Nc1cccc(CN2C(=O)[C@]3(O[C@H](CC(=O)N(CCO)Cc4ccccc4)[C@@H]([Si](C)(C)O)[C@@H]3C)c3cc(Cl)ccc32)c1. The molecular weight excluding hydrogens is 638 g/mol. The Morgan fingerprint density at radius 3 is 2.45 bits per heavy atom. The molecule has 1 fully saturated rings. The molecule has 12 heteroatoms. The molecule has 0 radical (unpaired) electrons. The van der Waals surface area contributed by atoms with Crippen LogP contribution in [0.15, 0.2) is 72.8 Å². The maximum atomic E-state index is 14.7. The molecule has 0 aliphatic carbocycles. The van der Waals surface area contributed by atoms with Gasteiger partial charge in [-0.3, -0.25) is 14.4 Å². The monoisotopic (exact) mass is 679 g/mol. The van der Waals surface area contributed by atoms with Gasteiger partial charge in [0, 0.05) is 40.8 Å². The topological polar surface area (TPSA) is 140 Å². The summed E-state index contributed by atoms with van der Waals surface area (Å²) in [6.45, 7) is 7.25. The summed E-state index contributed by atoms with van der Waals surface area (Å²) in [5.74, 6) is -1.62. The summed E-state index contributed by atoms with van der Waals surface area (Å²) in [6.07, 6.45) is -2.03. The number of nitrogens with zero attached hydrogens (tertiary/aromatic N) is 2. The molecular formula is C35H42ClN3O7Si. The summed E-state index contributed by atoms with van der Waals surface area (Å²) in [5.41, 5.74) is 1.34. The van der Waals surface area contributed by atoms with Crippen molar-refractivity contribution in [1.29, 1.82) is 0 Å². The first-order chi connectivity index (χ1) is 22.3. The van der Waals surface area contributed by atoms with E-state index in [9.17, 15) is 29.4 Å². The number of rotatable bonds is 11. The van der Waals surface area contributed by atoms with Crippen molar-refractivity contribution in [2.24, 2.45) is 5.92 Å². The highest BCUT2D eigenvalue weighted by Gasteiger charge is 2.66. The van der Waals surface area contributed by atoms with Gasteiger partial charge in [0.05, 0.1) is 31.4 Å². The zero-order valence-corrected chi connectivity index (χ0v) is 28.8. The number of nitrogens with one attached hydrogen (secondary N) is 1. The van der Waals surface area contributed by atoms with Gasteiger partial charge < -0.3 is 34.9 Å². The highest BCUT2D eigenvalue weighted by molar-refractivity contribution is 6.71. The van der Waals surface area contributed by atoms with Crippen molar-refractivity contribution in [3.63, 3.8) is 0 Å². The van der Waals surface area contributed by atoms with Crippen molar-refractivity contribution in [3.05, 3.63) is 94.5 Å². The lowest BCUT2D eigenvalue weighted by molar-refractivity contribution is -0.150.